The van der Waals surface area contributed by atoms with Crippen LogP contribution in [0.5, 0.6) is 0 Å². The van der Waals surface area contributed by atoms with Gasteiger partial charge in [0.2, 0.25) is 0 Å². The molecule has 0 spiro atoms. The molecule has 1 aliphatic rings. The lowest BCUT2D eigenvalue weighted by Gasteiger charge is -2.33. The number of hydrogen-bond acceptors (Lipinski definition) is 3. The summed E-state index contributed by atoms with van der Waals surface area (Å²) in [5.74, 6) is 0.919. The van der Waals surface area contributed by atoms with E-state index in [4.69, 9.17) is 32.9 Å². The van der Waals surface area contributed by atoms with Crippen molar-refractivity contribution in [1.82, 2.24) is 15.5 Å². The van der Waals surface area contributed by atoms with Crippen LogP contribution in [0.15, 0.2) is 23.2 Å². The van der Waals surface area contributed by atoms with Gasteiger partial charge >= 0.3 is 0 Å². The highest BCUT2D eigenvalue weighted by molar-refractivity contribution is 6.35. The van der Waals surface area contributed by atoms with Crippen molar-refractivity contribution in [1.29, 1.82) is 0 Å². The number of halogens is 2. The van der Waals surface area contributed by atoms with Crippen LogP contribution < -0.4 is 10.6 Å². The minimum atomic E-state index is 0.488. The fourth-order valence-corrected chi connectivity index (χ4v) is 3.93. The lowest BCUT2D eigenvalue weighted by atomic mass is 10.1. The lowest BCUT2D eigenvalue weighted by molar-refractivity contribution is 0.155. The Morgan fingerprint density at radius 3 is 2.71 bits per heavy atom. The highest BCUT2D eigenvalue weighted by Crippen LogP contribution is 2.22. The number of likely N-dealkylation sites (tertiary alicyclic amines) is 1. The molecule has 0 unspecified atom stereocenters. The van der Waals surface area contributed by atoms with E-state index in [1.165, 1.54) is 0 Å². The van der Waals surface area contributed by atoms with Gasteiger partial charge in [0.25, 0.3) is 0 Å². The van der Waals surface area contributed by atoms with Crippen molar-refractivity contribution < 1.29 is 4.74 Å². The molecule has 28 heavy (non-hydrogen) atoms. The van der Waals surface area contributed by atoms with E-state index in [0.29, 0.717) is 11.1 Å². The van der Waals surface area contributed by atoms with E-state index in [1.54, 1.807) is 13.2 Å². The fraction of sp³-hybridized carbons (Fsp3) is 0.667. The summed E-state index contributed by atoms with van der Waals surface area (Å²) in [6, 6.07) is 6.18. The Bertz CT molecular complexity index is 604. The predicted molar refractivity (Wildman–Crippen MR) is 120 cm³/mol. The Labute approximate surface area is 179 Å². The topological polar surface area (TPSA) is 48.9 Å². The van der Waals surface area contributed by atoms with Crippen molar-refractivity contribution in [3.63, 3.8) is 0 Å². The van der Waals surface area contributed by atoms with Crippen molar-refractivity contribution in [3.8, 4) is 0 Å². The first kappa shape index (κ1) is 23.3. The van der Waals surface area contributed by atoms with Gasteiger partial charge in [-0.15, -0.1) is 0 Å². The van der Waals surface area contributed by atoms with Crippen LogP contribution in [-0.4, -0.2) is 63.3 Å². The second-order valence-corrected chi connectivity index (χ2v) is 8.05. The second kappa shape index (κ2) is 13.3. The average Bonchev–Trinajstić information content (AvgIpc) is 2.68. The molecule has 0 saturated carbocycles. The molecule has 2 N–H and O–H groups in total. The van der Waals surface area contributed by atoms with E-state index in [9.17, 15) is 0 Å². The molecule has 1 heterocycles. The van der Waals surface area contributed by atoms with Gasteiger partial charge in [-0.05, 0) is 56.7 Å². The van der Waals surface area contributed by atoms with Crippen molar-refractivity contribution in [3.05, 3.63) is 33.8 Å². The molecule has 5 nitrogen and oxygen atoms in total. The van der Waals surface area contributed by atoms with Crippen LogP contribution in [0.1, 0.15) is 38.2 Å². The monoisotopic (exact) mass is 428 g/mol. The average molecular weight is 429 g/mol. The fourth-order valence-electron chi connectivity index (χ4n) is 3.43. The van der Waals surface area contributed by atoms with Crippen molar-refractivity contribution in [2.75, 3.05) is 46.4 Å². The highest BCUT2D eigenvalue weighted by Gasteiger charge is 2.19. The van der Waals surface area contributed by atoms with Gasteiger partial charge in [0.15, 0.2) is 5.96 Å². The predicted octanol–water partition coefficient (Wildman–Crippen LogP) is 3.98. The molecule has 1 saturated heterocycles. The molecule has 0 aromatic heterocycles. The molecule has 1 aromatic rings. The van der Waals surface area contributed by atoms with Gasteiger partial charge < -0.3 is 20.3 Å². The van der Waals surface area contributed by atoms with Crippen LogP contribution in [0.2, 0.25) is 10.0 Å². The summed E-state index contributed by atoms with van der Waals surface area (Å²) in [5, 5.41) is 8.38. The van der Waals surface area contributed by atoms with Crippen LogP contribution in [0.3, 0.4) is 0 Å². The number of aliphatic imine (C=N–C) groups is 1. The number of hydrogen-bond donors (Lipinski definition) is 2. The third-order valence-corrected chi connectivity index (χ3v) is 5.57. The second-order valence-electron chi connectivity index (χ2n) is 7.21. The number of aryl methyl sites for hydroxylation is 1. The summed E-state index contributed by atoms with van der Waals surface area (Å²) in [4.78, 5) is 7.27. The van der Waals surface area contributed by atoms with E-state index in [1.807, 2.05) is 12.1 Å². The Hall–Kier alpha value is -1.01. The van der Waals surface area contributed by atoms with Gasteiger partial charge in [0.1, 0.15) is 0 Å². The smallest absolute Gasteiger partial charge is 0.191 e. The van der Waals surface area contributed by atoms with Crippen LogP contribution in [0.4, 0.5) is 0 Å². The Kier molecular flexibility index (Phi) is 11.0. The van der Waals surface area contributed by atoms with E-state index < -0.39 is 0 Å². The molecule has 1 aliphatic heterocycles. The largest absolute Gasteiger partial charge is 0.385 e. The molecule has 158 valence electrons. The van der Waals surface area contributed by atoms with Gasteiger partial charge in [-0.25, -0.2) is 0 Å². The van der Waals surface area contributed by atoms with Gasteiger partial charge in [-0.3, -0.25) is 4.99 Å². The molecule has 0 radical (unpaired) electrons. The number of guanidine groups is 1. The maximum absolute atomic E-state index is 6.25. The molecule has 0 amide bonds. The minimum Gasteiger partial charge on any atom is -0.385 e. The molecule has 1 fully saturated rings. The maximum Gasteiger partial charge on any atom is 0.191 e. The number of piperidine rings is 1. The Morgan fingerprint density at radius 2 is 2.04 bits per heavy atom. The molecule has 0 atom stereocenters. The summed E-state index contributed by atoms with van der Waals surface area (Å²) in [6.45, 7) is 7.97. The van der Waals surface area contributed by atoms with Gasteiger partial charge in [-0.1, -0.05) is 29.3 Å². The number of nitrogens with one attached hydrogen (secondary N) is 2. The zero-order chi connectivity index (χ0) is 20.2. The summed E-state index contributed by atoms with van der Waals surface area (Å²) < 4.78 is 5.14. The van der Waals surface area contributed by atoms with Crippen LogP contribution in [0.25, 0.3) is 0 Å². The van der Waals surface area contributed by atoms with Crippen LogP contribution >= 0.6 is 23.2 Å². The van der Waals surface area contributed by atoms with E-state index in [0.717, 1.165) is 88.0 Å². The molecular formula is C21H34Cl2N4O. The van der Waals surface area contributed by atoms with Crippen molar-refractivity contribution >= 4 is 29.2 Å². The van der Waals surface area contributed by atoms with Crippen molar-refractivity contribution in [2.45, 2.75) is 45.1 Å². The quantitative estimate of drug-likeness (QED) is 0.336. The normalized spacial score (nSPS) is 16.4. The molecule has 0 bridgehead atoms. The Balaban J connectivity index is 1.73. The lowest BCUT2D eigenvalue weighted by Crippen LogP contribution is -2.48. The first-order valence-corrected chi connectivity index (χ1v) is 11.1. The zero-order valence-corrected chi connectivity index (χ0v) is 18.7. The molecular weight excluding hydrogens is 395 g/mol. The number of benzene rings is 1. The summed E-state index contributed by atoms with van der Waals surface area (Å²) in [7, 11) is 1.77. The standard InChI is InChI=1S/C21H34Cl2N4O/c1-3-24-21(25-11-4-6-17-7-8-18(22)16-20(17)23)26-19-9-13-27(14-10-19)12-5-15-28-2/h7-8,16,19H,3-6,9-15H2,1-2H3,(H2,24,25,26). The highest BCUT2D eigenvalue weighted by atomic mass is 35.5. The number of ether oxygens (including phenoxy) is 1. The van der Waals surface area contributed by atoms with E-state index in [-0.39, 0.29) is 0 Å². The maximum atomic E-state index is 6.25. The van der Waals surface area contributed by atoms with E-state index in [2.05, 4.69) is 22.5 Å². The number of rotatable bonds is 10. The third-order valence-electron chi connectivity index (χ3n) is 4.98. The SMILES string of the molecule is CCNC(=NCCCc1ccc(Cl)cc1Cl)NC1CCN(CCCOC)CC1. The molecule has 0 aliphatic carbocycles. The zero-order valence-electron chi connectivity index (χ0n) is 17.1. The summed E-state index contributed by atoms with van der Waals surface area (Å²) in [5.41, 5.74) is 1.13. The van der Waals surface area contributed by atoms with Crippen LogP contribution in [-0.2, 0) is 11.2 Å². The molecule has 7 heteroatoms. The Morgan fingerprint density at radius 1 is 1.25 bits per heavy atom. The van der Waals surface area contributed by atoms with Gasteiger partial charge in [0, 0.05) is 62.5 Å². The number of methoxy groups -OCH3 is 1. The molecule has 2 rings (SSSR count). The first-order chi connectivity index (χ1) is 13.6. The number of nitrogens with zero attached hydrogens (tertiary/aromatic N) is 2. The summed E-state index contributed by atoms with van der Waals surface area (Å²) in [6.07, 6.45) is 5.26. The third kappa shape index (κ3) is 8.56. The minimum absolute atomic E-state index is 0.488. The summed E-state index contributed by atoms with van der Waals surface area (Å²) >= 11 is 12.2. The van der Waals surface area contributed by atoms with Crippen LogP contribution in [0, 0.1) is 0 Å². The van der Waals surface area contributed by atoms with E-state index >= 15 is 0 Å². The first-order valence-electron chi connectivity index (χ1n) is 10.3. The molecule has 1 aromatic carbocycles. The van der Waals surface area contributed by atoms with Gasteiger partial charge in [-0.2, -0.15) is 0 Å². The van der Waals surface area contributed by atoms with Crippen molar-refractivity contribution in [2.24, 2.45) is 4.99 Å². The van der Waals surface area contributed by atoms with Gasteiger partial charge in [0.05, 0.1) is 0 Å².